The van der Waals surface area contributed by atoms with Gasteiger partial charge in [-0.15, -0.1) is 0 Å². The first-order valence-corrected chi connectivity index (χ1v) is 4.96. The van der Waals surface area contributed by atoms with Gasteiger partial charge < -0.3 is 5.73 Å². The van der Waals surface area contributed by atoms with Crippen LogP contribution in [0.15, 0.2) is 24.3 Å². The molecular formula is C11H6F3N3O2. The molecule has 0 unspecified atom stereocenters. The van der Waals surface area contributed by atoms with Gasteiger partial charge in [-0.25, -0.2) is 18.2 Å². The van der Waals surface area contributed by atoms with Crippen LogP contribution in [0.5, 0.6) is 0 Å². The molecule has 0 saturated heterocycles. The summed E-state index contributed by atoms with van der Waals surface area (Å²) in [6.45, 7) is 0. The minimum absolute atomic E-state index is 0.107. The van der Waals surface area contributed by atoms with Gasteiger partial charge in [0.2, 0.25) is 0 Å². The fourth-order valence-corrected chi connectivity index (χ4v) is 1.52. The van der Waals surface area contributed by atoms with Gasteiger partial charge >= 0.3 is 0 Å². The second kappa shape index (κ2) is 4.56. The Hall–Kier alpha value is -2.64. The molecule has 0 fully saturated rings. The highest BCUT2D eigenvalue weighted by molar-refractivity contribution is 5.71. The molecule has 1 heterocycles. The topological polar surface area (TPSA) is 82.0 Å². The van der Waals surface area contributed by atoms with Crippen LogP contribution in [0, 0.1) is 27.6 Å². The molecule has 1 aromatic heterocycles. The van der Waals surface area contributed by atoms with E-state index in [1.807, 2.05) is 0 Å². The van der Waals surface area contributed by atoms with Crippen molar-refractivity contribution in [1.29, 1.82) is 0 Å². The van der Waals surface area contributed by atoms with Crippen molar-refractivity contribution in [2.24, 2.45) is 0 Å². The zero-order chi connectivity index (χ0) is 14.2. The molecule has 0 atom stereocenters. The fraction of sp³-hybridized carbons (Fsp3) is 0. The number of halogens is 3. The SMILES string of the molecule is Nc1ccc([N+](=O)[O-])c(-c2ccc(F)c(F)c2F)n1. The number of nitrogen functional groups attached to an aromatic ring is 1. The van der Waals surface area contributed by atoms with Gasteiger partial charge in [-0.1, -0.05) is 0 Å². The summed E-state index contributed by atoms with van der Waals surface area (Å²) in [6, 6.07) is 3.68. The maximum Gasteiger partial charge on any atom is 0.295 e. The van der Waals surface area contributed by atoms with Crippen molar-refractivity contribution in [3.05, 3.63) is 51.8 Å². The maximum absolute atomic E-state index is 13.6. The van der Waals surface area contributed by atoms with Crippen LogP contribution >= 0.6 is 0 Å². The number of hydrogen-bond acceptors (Lipinski definition) is 4. The number of rotatable bonds is 2. The Kier molecular flexibility index (Phi) is 3.07. The van der Waals surface area contributed by atoms with Crippen LogP contribution in [-0.4, -0.2) is 9.91 Å². The highest BCUT2D eigenvalue weighted by atomic mass is 19.2. The van der Waals surface area contributed by atoms with Crippen molar-refractivity contribution in [1.82, 2.24) is 4.98 Å². The van der Waals surface area contributed by atoms with E-state index in [-0.39, 0.29) is 5.82 Å². The van der Waals surface area contributed by atoms with Crippen molar-refractivity contribution in [3.63, 3.8) is 0 Å². The summed E-state index contributed by atoms with van der Waals surface area (Å²) < 4.78 is 39.6. The summed E-state index contributed by atoms with van der Waals surface area (Å²) >= 11 is 0. The Morgan fingerprint density at radius 3 is 2.42 bits per heavy atom. The Morgan fingerprint density at radius 2 is 1.79 bits per heavy atom. The molecule has 19 heavy (non-hydrogen) atoms. The third-order valence-electron chi connectivity index (χ3n) is 2.38. The number of hydrogen-bond donors (Lipinski definition) is 1. The number of pyridine rings is 1. The van der Waals surface area contributed by atoms with Crippen LogP contribution in [0.25, 0.3) is 11.3 Å². The zero-order valence-electron chi connectivity index (χ0n) is 9.23. The predicted octanol–water partition coefficient (Wildman–Crippen LogP) is 2.66. The third kappa shape index (κ3) is 2.19. The molecule has 0 aliphatic rings. The van der Waals surface area contributed by atoms with Crippen LogP contribution in [0.2, 0.25) is 0 Å². The molecule has 2 rings (SSSR count). The monoisotopic (exact) mass is 269 g/mol. The van der Waals surface area contributed by atoms with Crippen molar-refractivity contribution in [2.45, 2.75) is 0 Å². The summed E-state index contributed by atoms with van der Waals surface area (Å²) in [5.74, 6) is -4.78. The summed E-state index contributed by atoms with van der Waals surface area (Å²) in [6.07, 6.45) is 0. The highest BCUT2D eigenvalue weighted by Gasteiger charge is 2.23. The van der Waals surface area contributed by atoms with E-state index in [9.17, 15) is 23.3 Å². The van der Waals surface area contributed by atoms with Crippen LogP contribution in [0.4, 0.5) is 24.7 Å². The van der Waals surface area contributed by atoms with Crippen LogP contribution in [0.3, 0.4) is 0 Å². The van der Waals surface area contributed by atoms with Gasteiger partial charge in [-0.05, 0) is 18.2 Å². The Balaban J connectivity index is 2.75. The summed E-state index contributed by atoms with van der Waals surface area (Å²) in [5, 5.41) is 10.8. The Bertz CT molecular complexity index is 676. The summed E-state index contributed by atoms with van der Waals surface area (Å²) in [5.41, 5.74) is 3.82. The number of nitrogens with zero attached hydrogens (tertiary/aromatic N) is 2. The van der Waals surface area contributed by atoms with Gasteiger partial charge in [-0.3, -0.25) is 10.1 Å². The number of benzene rings is 1. The lowest BCUT2D eigenvalue weighted by Gasteiger charge is -2.05. The Labute approximate surface area is 104 Å². The first-order valence-electron chi connectivity index (χ1n) is 4.96. The van der Waals surface area contributed by atoms with Gasteiger partial charge in [0.05, 0.1) is 4.92 Å². The smallest absolute Gasteiger partial charge is 0.295 e. The second-order valence-electron chi connectivity index (χ2n) is 3.58. The molecule has 0 aliphatic heterocycles. The zero-order valence-corrected chi connectivity index (χ0v) is 9.23. The lowest BCUT2D eigenvalue weighted by atomic mass is 10.1. The molecule has 8 heteroatoms. The lowest BCUT2D eigenvalue weighted by Crippen LogP contribution is -2.01. The number of nitrogens with two attached hydrogens (primary N) is 1. The Morgan fingerprint density at radius 1 is 1.11 bits per heavy atom. The molecule has 0 radical (unpaired) electrons. The highest BCUT2D eigenvalue weighted by Crippen LogP contribution is 2.32. The normalized spacial score (nSPS) is 10.5. The predicted molar refractivity (Wildman–Crippen MR) is 60.6 cm³/mol. The summed E-state index contributed by atoms with van der Waals surface area (Å²) in [4.78, 5) is 13.6. The minimum Gasteiger partial charge on any atom is -0.384 e. The van der Waals surface area contributed by atoms with Gasteiger partial charge in [0.15, 0.2) is 23.1 Å². The molecule has 2 aromatic rings. The van der Waals surface area contributed by atoms with Crippen molar-refractivity contribution >= 4 is 11.5 Å². The maximum atomic E-state index is 13.6. The minimum atomic E-state index is -1.73. The molecule has 0 amide bonds. The van der Waals surface area contributed by atoms with E-state index in [1.165, 1.54) is 0 Å². The van der Waals surface area contributed by atoms with Crippen LogP contribution in [0.1, 0.15) is 0 Å². The van der Waals surface area contributed by atoms with E-state index in [0.717, 1.165) is 18.2 Å². The van der Waals surface area contributed by atoms with Crippen molar-refractivity contribution in [3.8, 4) is 11.3 Å². The van der Waals surface area contributed by atoms with Crippen LogP contribution in [-0.2, 0) is 0 Å². The lowest BCUT2D eigenvalue weighted by molar-refractivity contribution is -0.384. The largest absolute Gasteiger partial charge is 0.384 e. The van der Waals surface area contributed by atoms with Gasteiger partial charge in [0.25, 0.3) is 5.69 Å². The molecule has 0 bridgehead atoms. The molecule has 98 valence electrons. The molecule has 0 aliphatic carbocycles. The number of nitro groups is 1. The van der Waals surface area contributed by atoms with Crippen LogP contribution < -0.4 is 5.73 Å². The molecular weight excluding hydrogens is 263 g/mol. The molecule has 5 nitrogen and oxygen atoms in total. The summed E-state index contributed by atoms with van der Waals surface area (Å²) in [7, 11) is 0. The molecule has 1 aromatic carbocycles. The standard InChI is InChI=1S/C11H6F3N3O2/c12-6-2-1-5(9(13)10(6)14)11-7(17(18)19)3-4-8(15)16-11/h1-4H,(H2,15,16). The van der Waals surface area contributed by atoms with Crippen molar-refractivity contribution < 1.29 is 18.1 Å². The van der Waals surface area contributed by atoms with Gasteiger partial charge in [0, 0.05) is 11.6 Å². The average molecular weight is 269 g/mol. The molecule has 2 N–H and O–H groups in total. The third-order valence-corrected chi connectivity index (χ3v) is 2.38. The average Bonchev–Trinajstić information content (AvgIpc) is 2.35. The fourth-order valence-electron chi connectivity index (χ4n) is 1.52. The van der Waals surface area contributed by atoms with Crippen molar-refractivity contribution in [2.75, 3.05) is 5.73 Å². The number of aromatic nitrogens is 1. The number of anilines is 1. The second-order valence-corrected chi connectivity index (χ2v) is 3.58. The molecule has 0 spiro atoms. The molecule has 0 saturated carbocycles. The van der Waals surface area contributed by atoms with E-state index in [2.05, 4.69) is 4.98 Å². The van der Waals surface area contributed by atoms with E-state index in [1.54, 1.807) is 0 Å². The first-order chi connectivity index (χ1) is 8.91. The van der Waals surface area contributed by atoms with Gasteiger partial charge in [-0.2, -0.15) is 0 Å². The van der Waals surface area contributed by atoms with E-state index >= 15 is 0 Å². The van der Waals surface area contributed by atoms with E-state index in [4.69, 9.17) is 5.73 Å². The first kappa shape index (κ1) is 12.8. The van der Waals surface area contributed by atoms with Gasteiger partial charge in [0.1, 0.15) is 5.82 Å². The quantitative estimate of drug-likeness (QED) is 0.516. The van der Waals surface area contributed by atoms with E-state index < -0.39 is 39.3 Å². The van der Waals surface area contributed by atoms with E-state index in [0.29, 0.717) is 6.07 Å².